The normalized spacial score (nSPS) is 11.1. The Morgan fingerprint density at radius 1 is 1.20 bits per heavy atom. The molecule has 1 aromatic carbocycles. The summed E-state index contributed by atoms with van der Waals surface area (Å²) in [5, 5.41) is 5.20. The Bertz CT molecular complexity index is 1050. The third kappa shape index (κ3) is 2.57. The highest BCUT2D eigenvalue weighted by Crippen LogP contribution is 2.28. The highest BCUT2D eigenvalue weighted by atomic mass is 16.3. The molecule has 0 saturated heterocycles. The largest absolute Gasteiger partial charge is 0.467 e. The Hall–Kier alpha value is -3.41. The van der Waals surface area contributed by atoms with Crippen LogP contribution in [0.2, 0.25) is 0 Å². The van der Waals surface area contributed by atoms with Gasteiger partial charge in [-0.05, 0) is 19.1 Å². The molecule has 0 saturated carbocycles. The van der Waals surface area contributed by atoms with Crippen LogP contribution in [0.5, 0.6) is 0 Å². The first kappa shape index (κ1) is 15.1. The molecule has 0 unspecified atom stereocenters. The van der Waals surface area contributed by atoms with Crippen molar-refractivity contribution in [3.63, 3.8) is 0 Å². The first-order chi connectivity index (χ1) is 12.1. The summed E-state index contributed by atoms with van der Waals surface area (Å²) in [4.78, 5) is 17.2. The zero-order valence-corrected chi connectivity index (χ0v) is 13.6. The number of benzene rings is 1. The quantitative estimate of drug-likeness (QED) is 0.580. The minimum absolute atomic E-state index is 0.148. The van der Waals surface area contributed by atoms with Crippen LogP contribution in [0.1, 0.15) is 27.4 Å². The van der Waals surface area contributed by atoms with Crippen LogP contribution >= 0.6 is 0 Å². The Morgan fingerprint density at radius 3 is 2.72 bits per heavy atom. The van der Waals surface area contributed by atoms with E-state index in [4.69, 9.17) is 10.2 Å². The number of anilines is 1. The number of aryl methyl sites for hydroxylation is 1. The lowest BCUT2D eigenvalue weighted by molar-refractivity contribution is 0.103. The summed E-state index contributed by atoms with van der Waals surface area (Å²) >= 11 is 0. The van der Waals surface area contributed by atoms with Crippen molar-refractivity contribution < 1.29 is 9.21 Å². The van der Waals surface area contributed by atoms with Gasteiger partial charge in [-0.3, -0.25) is 4.79 Å². The van der Waals surface area contributed by atoms with Crippen molar-refractivity contribution >= 4 is 22.5 Å². The zero-order chi connectivity index (χ0) is 17.4. The van der Waals surface area contributed by atoms with Crippen LogP contribution in [0.25, 0.3) is 11.0 Å². The Labute approximate surface area is 143 Å². The number of aromatic nitrogens is 3. The van der Waals surface area contributed by atoms with Crippen LogP contribution in [-0.4, -0.2) is 20.5 Å². The predicted molar refractivity (Wildman–Crippen MR) is 94.4 cm³/mol. The van der Waals surface area contributed by atoms with E-state index >= 15 is 0 Å². The fourth-order valence-corrected chi connectivity index (χ4v) is 2.93. The van der Waals surface area contributed by atoms with E-state index < -0.39 is 0 Å². The van der Waals surface area contributed by atoms with E-state index in [-0.39, 0.29) is 5.78 Å². The highest BCUT2D eigenvalue weighted by molar-refractivity contribution is 6.15. The van der Waals surface area contributed by atoms with Gasteiger partial charge in [0.2, 0.25) is 0 Å². The fraction of sp³-hybridized carbons (Fsp3) is 0.105. The lowest BCUT2D eigenvalue weighted by Crippen LogP contribution is -2.08. The molecule has 0 spiro atoms. The minimum atomic E-state index is -0.148. The highest BCUT2D eigenvalue weighted by Gasteiger charge is 2.19. The van der Waals surface area contributed by atoms with Gasteiger partial charge in [-0.25, -0.2) is 9.67 Å². The Balaban J connectivity index is 1.81. The molecular weight excluding hydrogens is 316 g/mol. The molecule has 4 rings (SSSR count). The summed E-state index contributed by atoms with van der Waals surface area (Å²) < 4.78 is 7.10. The molecule has 0 fully saturated rings. The third-order valence-electron chi connectivity index (χ3n) is 4.14. The average Bonchev–Trinajstić information content (AvgIpc) is 3.24. The second-order valence-electron chi connectivity index (χ2n) is 5.80. The van der Waals surface area contributed by atoms with Gasteiger partial charge in [0, 0.05) is 11.8 Å². The van der Waals surface area contributed by atoms with Crippen LogP contribution in [0.15, 0.2) is 59.3 Å². The number of ketones is 1. The molecule has 3 heterocycles. The number of rotatable bonds is 4. The van der Waals surface area contributed by atoms with Crippen molar-refractivity contribution in [3.8, 4) is 0 Å². The lowest BCUT2D eigenvalue weighted by atomic mass is 10.0. The molecule has 0 aliphatic rings. The number of carbonyl (C=O) groups excluding carboxylic acids is 1. The van der Waals surface area contributed by atoms with Gasteiger partial charge in [-0.15, -0.1) is 0 Å². The number of hydrogen-bond donors (Lipinski definition) is 1. The fourth-order valence-electron chi connectivity index (χ4n) is 2.93. The van der Waals surface area contributed by atoms with Gasteiger partial charge < -0.3 is 10.2 Å². The van der Waals surface area contributed by atoms with E-state index in [1.807, 2.05) is 37.3 Å². The van der Waals surface area contributed by atoms with Crippen LogP contribution in [0.3, 0.4) is 0 Å². The van der Waals surface area contributed by atoms with Crippen molar-refractivity contribution in [2.75, 3.05) is 5.73 Å². The number of pyridine rings is 1. The van der Waals surface area contributed by atoms with E-state index in [1.54, 1.807) is 23.1 Å². The van der Waals surface area contributed by atoms with Crippen LogP contribution in [-0.2, 0) is 6.54 Å². The van der Waals surface area contributed by atoms with Gasteiger partial charge >= 0.3 is 0 Å². The Kier molecular flexibility index (Phi) is 3.57. The molecule has 6 heteroatoms. The average molecular weight is 332 g/mol. The number of furan rings is 1. The van der Waals surface area contributed by atoms with Gasteiger partial charge in [-0.2, -0.15) is 5.10 Å². The number of nitrogen functional groups attached to an aromatic ring is 1. The van der Waals surface area contributed by atoms with E-state index in [0.717, 1.165) is 11.5 Å². The maximum Gasteiger partial charge on any atom is 0.196 e. The standard InChI is InChI=1S/C19H16N4O2/c1-12-16-17(20)15(18(24)13-6-3-2-4-7-13)10-21-19(16)23(22-12)11-14-8-5-9-25-14/h2-10H,11H2,1H3,(H2,20,21). The molecule has 0 aliphatic heterocycles. The SMILES string of the molecule is Cc1nn(Cc2ccco2)c2ncc(C(=O)c3ccccc3)c(N)c12. The van der Waals surface area contributed by atoms with Crippen molar-refractivity contribution in [1.29, 1.82) is 0 Å². The van der Waals surface area contributed by atoms with Crippen molar-refractivity contribution in [1.82, 2.24) is 14.8 Å². The monoisotopic (exact) mass is 332 g/mol. The number of nitrogens with two attached hydrogens (primary N) is 1. The minimum Gasteiger partial charge on any atom is -0.467 e. The maximum absolute atomic E-state index is 12.7. The summed E-state index contributed by atoms with van der Waals surface area (Å²) in [6.07, 6.45) is 3.14. The molecule has 3 aromatic heterocycles. The first-order valence-corrected chi connectivity index (χ1v) is 7.89. The molecule has 2 N–H and O–H groups in total. The summed E-state index contributed by atoms with van der Waals surface area (Å²) in [5.41, 5.74) is 9.05. The molecule has 0 radical (unpaired) electrons. The van der Waals surface area contributed by atoms with Crippen LogP contribution < -0.4 is 5.73 Å². The van der Waals surface area contributed by atoms with Crippen LogP contribution in [0, 0.1) is 6.92 Å². The number of hydrogen-bond acceptors (Lipinski definition) is 5. The second kappa shape index (κ2) is 5.90. The molecule has 25 heavy (non-hydrogen) atoms. The molecule has 6 nitrogen and oxygen atoms in total. The van der Waals surface area contributed by atoms with Gasteiger partial charge in [0.25, 0.3) is 0 Å². The van der Waals surface area contributed by atoms with Gasteiger partial charge in [0.1, 0.15) is 12.3 Å². The van der Waals surface area contributed by atoms with E-state index in [1.165, 1.54) is 6.20 Å². The van der Waals surface area contributed by atoms with Crippen molar-refractivity contribution in [2.24, 2.45) is 0 Å². The third-order valence-corrected chi connectivity index (χ3v) is 4.14. The first-order valence-electron chi connectivity index (χ1n) is 7.89. The molecule has 0 bridgehead atoms. The summed E-state index contributed by atoms with van der Waals surface area (Å²) in [7, 11) is 0. The lowest BCUT2D eigenvalue weighted by Gasteiger charge is -2.07. The number of carbonyl (C=O) groups is 1. The molecule has 0 atom stereocenters. The van der Waals surface area contributed by atoms with Crippen molar-refractivity contribution in [3.05, 3.63) is 77.5 Å². The second-order valence-corrected chi connectivity index (χ2v) is 5.80. The van der Waals surface area contributed by atoms with E-state index in [9.17, 15) is 4.79 Å². The Morgan fingerprint density at radius 2 is 2.00 bits per heavy atom. The topological polar surface area (TPSA) is 86.9 Å². The van der Waals surface area contributed by atoms with Gasteiger partial charge in [0.05, 0.1) is 28.6 Å². The predicted octanol–water partition coefficient (Wildman–Crippen LogP) is 3.19. The van der Waals surface area contributed by atoms with Crippen LogP contribution in [0.4, 0.5) is 5.69 Å². The van der Waals surface area contributed by atoms with E-state index in [0.29, 0.717) is 34.4 Å². The summed E-state index contributed by atoms with van der Waals surface area (Å²) in [6, 6.07) is 12.7. The molecule has 124 valence electrons. The summed E-state index contributed by atoms with van der Waals surface area (Å²) in [6.45, 7) is 2.31. The van der Waals surface area contributed by atoms with Gasteiger partial charge in [-0.1, -0.05) is 30.3 Å². The van der Waals surface area contributed by atoms with E-state index in [2.05, 4.69) is 10.1 Å². The maximum atomic E-state index is 12.7. The molecular formula is C19H16N4O2. The van der Waals surface area contributed by atoms with Crippen molar-refractivity contribution in [2.45, 2.75) is 13.5 Å². The molecule has 0 amide bonds. The summed E-state index contributed by atoms with van der Waals surface area (Å²) in [5.74, 6) is 0.625. The zero-order valence-electron chi connectivity index (χ0n) is 13.6. The smallest absolute Gasteiger partial charge is 0.196 e. The molecule has 4 aromatic rings. The molecule has 0 aliphatic carbocycles. The number of fused-ring (bicyclic) bond motifs is 1. The van der Waals surface area contributed by atoms with Gasteiger partial charge in [0.15, 0.2) is 11.4 Å². The number of nitrogens with zero attached hydrogens (tertiary/aromatic N) is 3.